The van der Waals surface area contributed by atoms with Gasteiger partial charge in [-0.15, -0.1) is 0 Å². The van der Waals surface area contributed by atoms with Crippen LogP contribution in [0.25, 0.3) is 0 Å². The zero-order chi connectivity index (χ0) is 8.97. The smallest absolute Gasteiger partial charge is 0.152 e. The fraction of sp³-hybridized carbons (Fsp3) is 0.727. The number of carbonyl (C=O) groups is 1. The Morgan fingerprint density at radius 1 is 1.25 bits per heavy atom. The Balaban J connectivity index is 2.30. The van der Waals surface area contributed by atoms with Crippen molar-refractivity contribution in [3.05, 3.63) is 12.2 Å². The minimum Gasteiger partial charge on any atom is -0.295 e. The third-order valence-corrected chi connectivity index (χ3v) is 2.66. The number of hydrogen-bond donors (Lipinski definition) is 0. The third-order valence-electron chi connectivity index (χ3n) is 2.66. The Bertz CT molecular complexity index is 173. The van der Waals surface area contributed by atoms with Crippen LogP contribution in [-0.4, -0.2) is 5.78 Å². The van der Waals surface area contributed by atoms with Crippen molar-refractivity contribution in [2.45, 2.75) is 39.5 Å². The van der Waals surface area contributed by atoms with Crippen molar-refractivity contribution in [1.82, 2.24) is 0 Å². The van der Waals surface area contributed by atoms with Gasteiger partial charge in [0.15, 0.2) is 5.78 Å². The van der Waals surface area contributed by atoms with Crippen LogP contribution in [0.1, 0.15) is 39.5 Å². The Labute approximate surface area is 74.9 Å². The SMILES string of the molecule is CC(=O)/C=C/C1CCC(C)CC1. The lowest BCUT2D eigenvalue weighted by Gasteiger charge is -2.23. The lowest BCUT2D eigenvalue weighted by Crippen LogP contribution is -2.10. The number of hydrogen-bond acceptors (Lipinski definition) is 1. The second kappa shape index (κ2) is 4.44. The molecular formula is C11H18O. The van der Waals surface area contributed by atoms with Crippen LogP contribution in [0.4, 0.5) is 0 Å². The second-order valence-corrected chi connectivity index (χ2v) is 3.99. The predicted molar refractivity (Wildman–Crippen MR) is 50.9 cm³/mol. The second-order valence-electron chi connectivity index (χ2n) is 3.99. The fourth-order valence-corrected chi connectivity index (χ4v) is 1.75. The average Bonchev–Trinajstić information content (AvgIpc) is 2.03. The van der Waals surface area contributed by atoms with Gasteiger partial charge in [-0.05, 0) is 37.7 Å². The molecule has 0 saturated heterocycles. The summed E-state index contributed by atoms with van der Waals surface area (Å²) in [6, 6.07) is 0. The third kappa shape index (κ3) is 3.21. The Morgan fingerprint density at radius 2 is 1.83 bits per heavy atom. The minimum atomic E-state index is 0.175. The molecule has 0 aromatic heterocycles. The molecule has 1 aliphatic rings. The van der Waals surface area contributed by atoms with E-state index in [1.165, 1.54) is 25.7 Å². The fourth-order valence-electron chi connectivity index (χ4n) is 1.75. The van der Waals surface area contributed by atoms with E-state index < -0.39 is 0 Å². The van der Waals surface area contributed by atoms with Crippen LogP contribution in [0.2, 0.25) is 0 Å². The summed E-state index contributed by atoms with van der Waals surface area (Å²) in [5.41, 5.74) is 0. The molecule has 1 fully saturated rings. The molecule has 1 saturated carbocycles. The van der Waals surface area contributed by atoms with E-state index in [-0.39, 0.29) is 5.78 Å². The summed E-state index contributed by atoms with van der Waals surface area (Å²) in [7, 11) is 0. The number of rotatable bonds is 2. The van der Waals surface area contributed by atoms with E-state index in [2.05, 4.69) is 13.0 Å². The van der Waals surface area contributed by atoms with E-state index in [1.807, 2.05) is 0 Å². The van der Waals surface area contributed by atoms with Gasteiger partial charge in [0.1, 0.15) is 0 Å². The summed E-state index contributed by atoms with van der Waals surface area (Å²) in [4.78, 5) is 10.7. The molecule has 1 rings (SSSR count). The standard InChI is InChI=1S/C11H18O/c1-9-3-6-11(7-4-9)8-5-10(2)12/h5,8-9,11H,3-4,6-7H2,1-2H3/b8-5+. The maximum atomic E-state index is 10.7. The molecule has 0 atom stereocenters. The van der Waals surface area contributed by atoms with Crippen LogP contribution in [0.15, 0.2) is 12.2 Å². The van der Waals surface area contributed by atoms with E-state index in [4.69, 9.17) is 0 Å². The average molecular weight is 166 g/mol. The van der Waals surface area contributed by atoms with E-state index in [0.717, 1.165) is 5.92 Å². The van der Waals surface area contributed by atoms with Gasteiger partial charge in [-0.3, -0.25) is 4.79 Å². The molecule has 1 nitrogen and oxygen atoms in total. The molecule has 0 N–H and O–H groups in total. The largest absolute Gasteiger partial charge is 0.295 e. The Hall–Kier alpha value is -0.590. The molecule has 0 aromatic rings. The van der Waals surface area contributed by atoms with Crippen molar-refractivity contribution in [2.24, 2.45) is 11.8 Å². The van der Waals surface area contributed by atoms with Crippen molar-refractivity contribution >= 4 is 5.78 Å². The van der Waals surface area contributed by atoms with E-state index in [9.17, 15) is 4.79 Å². The summed E-state index contributed by atoms with van der Waals surface area (Å²) in [6.45, 7) is 3.92. The summed E-state index contributed by atoms with van der Waals surface area (Å²) in [5, 5.41) is 0. The first-order valence-electron chi connectivity index (χ1n) is 4.87. The van der Waals surface area contributed by atoms with Gasteiger partial charge in [-0.2, -0.15) is 0 Å². The van der Waals surface area contributed by atoms with Gasteiger partial charge in [-0.25, -0.2) is 0 Å². The van der Waals surface area contributed by atoms with Crippen LogP contribution in [0, 0.1) is 11.8 Å². The maximum Gasteiger partial charge on any atom is 0.152 e. The van der Waals surface area contributed by atoms with Gasteiger partial charge < -0.3 is 0 Å². The van der Waals surface area contributed by atoms with Gasteiger partial charge >= 0.3 is 0 Å². The molecule has 0 aromatic carbocycles. The molecular weight excluding hydrogens is 148 g/mol. The predicted octanol–water partition coefficient (Wildman–Crippen LogP) is 2.96. The van der Waals surface area contributed by atoms with Crippen molar-refractivity contribution in [3.8, 4) is 0 Å². The zero-order valence-electron chi connectivity index (χ0n) is 8.05. The number of ketones is 1. The topological polar surface area (TPSA) is 17.1 Å². The van der Waals surface area contributed by atoms with Crippen molar-refractivity contribution in [1.29, 1.82) is 0 Å². The van der Waals surface area contributed by atoms with E-state index in [0.29, 0.717) is 5.92 Å². The van der Waals surface area contributed by atoms with Gasteiger partial charge in [-0.1, -0.05) is 25.8 Å². The number of allylic oxidation sites excluding steroid dienone is 2. The zero-order valence-corrected chi connectivity index (χ0v) is 8.05. The van der Waals surface area contributed by atoms with Crippen molar-refractivity contribution in [3.63, 3.8) is 0 Å². The highest BCUT2D eigenvalue weighted by Crippen LogP contribution is 2.28. The minimum absolute atomic E-state index is 0.175. The van der Waals surface area contributed by atoms with Crippen molar-refractivity contribution in [2.75, 3.05) is 0 Å². The van der Waals surface area contributed by atoms with Gasteiger partial charge in [0.25, 0.3) is 0 Å². The molecule has 12 heavy (non-hydrogen) atoms. The van der Waals surface area contributed by atoms with Gasteiger partial charge in [0, 0.05) is 0 Å². The highest BCUT2D eigenvalue weighted by Gasteiger charge is 2.15. The first-order chi connectivity index (χ1) is 5.68. The van der Waals surface area contributed by atoms with E-state index in [1.54, 1.807) is 13.0 Å². The Kier molecular flexibility index (Phi) is 3.51. The molecule has 0 aliphatic heterocycles. The monoisotopic (exact) mass is 166 g/mol. The summed E-state index contributed by atoms with van der Waals surface area (Å²) in [5.74, 6) is 1.74. The molecule has 0 spiro atoms. The molecule has 0 amide bonds. The molecule has 1 aliphatic carbocycles. The molecule has 68 valence electrons. The lowest BCUT2D eigenvalue weighted by atomic mass is 9.83. The normalized spacial score (nSPS) is 30.8. The van der Waals surface area contributed by atoms with Crippen molar-refractivity contribution < 1.29 is 4.79 Å². The maximum absolute atomic E-state index is 10.7. The van der Waals surface area contributed by atoms with Crippen LogP contribution in [-0.2, 0) is 4.79 Å². The molecule has 0 bridgehead atoms. The first-order valence-corrected chi connectivity index (χ1v) is 4.87. The van der Waals surface area contributed by atoms with Gasteiger partial charge in [0.05, 0.1) is 0 Å². The molecule has 1 heteroatoms. The summed E-state index contributed by atoms with van der Waals surface area (Å²) >= 11 is 0. The van der Waals surface area contributed by atoms with Crippen LogP contribution >= 0.6 is 0 Å². The highest BCUT2D eigenvalue weighted by molar-refractivity contribution is 5.87. The molecule has 0 unspecified atom stereocenters. The number of carbonyl (C=O) groups excluding carboxylic acids is 1. The van der Waals surface area contributed by atoms with Crippen LogP contribution < -0.4 is 0 Å². The molecule has 0 heterocycles. The molecule has 0 radical (unpaired) electrons. The van der Waals surface area contributed by atoms with Crippen LogP contribution in [0.5, 0.6) is 0 Å². The summed E-state index contributed by atoms with van der Waals surface area (Å²) < 4.78 is 0. The highest BCUT2D eigenvalue weighted by atomic mass is 16.1. The van der Waals surface area contributed by atoms with Gasteiger partial charge in [0.2, 0.25) is 0 Å². The van der Waals surface area contributed by atoms with Crippen LogP contribution in [0.3, 0.4) is 0 Å². The first kappa shape index (κ1) is 9.50. The summed E-state index contributed by atoms with van der Waals surface area (Å²) in [6.07, 6.45) is 9.00. The quantitative estimate of drug-likeness (QED) is 0.576. The van der Waals surface area contributed by atoms with E-state index >= 15 is 0 Å². The lowest BCUT2D eigenvalue weighted by molar-refractivity contribution is -0.112. The Morgan fingerprint density at radius 3 is 2.33 bits per heavy atom.